The molecule has 160 valence electrons. The standard InChI is InChI=1S/C24H28Cl2N2O2/c1-17(24(30)27-19-11-6-3-7-12-19)28(16-20-21(25)13-8-14-22(20)26)23(29)15-18-9-4-2-5-10-18/h2,4-5,8-10,13-14,17,19H,3,6-7,11-12,15-16H2,1H3,(H,27,30)/t17-/m1/s1. The van der Waals surface area contributed by atoms with Gasteiger partial charge in [-0.2, -0.15) is 0 Å². The van der Waals surface area contributed by atoms with Gasteiger partial charge in [-0.05, 0) is 37.5 Å². The number of halogens is 2. The first-order chi connectivity index (χ1) is 14.5. The lowest BCUT2D eigenvalue weighted by Gasteiger charge is -2.31. The van der Waals surface area contributed by atoms with Crippen LogP contribution in [0.3, 0.4) is 0 Å². The zero-order valence-electron chi connectivity index (χ0n) is 17.2. The Morgan fingerprint density at radius 2 is 1.63 bits per heavy atom. The summed E-state index contributed by atoms with van der Waals surface area (Å²) in [6, 6.07) is 14.3. The van der Waals surface area contributed by atoms with E-state index in [-0.39, 0.29) is 30.8 Å². The number of nitrogens with zero attached hydrogens (tertiary/aromatic N) is 1. The van der Waals surface area contributed by atoms with Gasteiger partial charge in [0.05, 0.1) is 6.42 Å². The van der Waals surface area contributed by atoms with Crippen LogP contribution in [0, 0.1) is 0 Å². The molecule has 1 aliphatic carbocycles. The molecule has 0 aliphatic heterocycles. The van der Waals surface area contributed by atoms with Gasteiger partial charge in [0.25, 0.3) is 0 Å². The highest BCUT2D eigenvalue weighted by atomic mass is 35.5. The largest absolute Gasteiger partial charge is 0.352 e. The average molecular weight is 447 g/mol. The summed E-state index contributed by atoms with van der Waals surface area (Å²) in [5.41, 5.74) is 1.55. The summed E-state index contributed by atoms with van der Waals surface area (Å²) in [7, 11) is 0. The van der Waals surface area contributed by atoms with Crippen molar-refractivity contribution in [3.63, 3.8) is 0 Å². The molecule has 2 amide bonds. The van der Waals surface area contributed by atoms with Crippen LogP contribution in [-0.4, -0.2) is 28.8 Å². The Kier molecular flexibility index (Phi) is 8.17. The normalized spacial score (nSPS) is 15.4. The van der Waals surface area contributed by atoms with E-state index in [4.69, 9.17) is 23.2 Å². The number of carbonyl (C=O) groups excluding carboxylic acids is 2. The monoisotopic (exact) mass is 446 g/mol. The molecule has 0 radical (unpaired) electrons. The second kappa shape index (κ2) is 10.8. The lowest BCUT2D eigenvalue weighted by atomic mass is 9.95. The first-order valence-electron chi connectivity index (χ1n) is 10.5. The number of benzene rings is 2. The van der Waals surface area contributed by atoms with Gasteiger partial charge in [-0.25, -0.2) is 0 Å². The maximum absolute atomic E-state index is 13.2. The van der Waals surface area contributed by atoms with Gasteiger partial charge in [0, 0.05) is 28.2 Å². The zero-order chi connectivity index (χ0) is 21.5. The highest BCUT2D eigenvalue weighted by Crippen LogP contribution is 2.27. The third-order valence-corrected chi connectivity index (χ3v) is 6.42. The van der Waals surface area contributed by atoms with Crippen LogP contribution in [0.2, 0.25) is 10.0 Å². The van der Waals surface area contributed by atoms with E-state index in [1.807, 2.05) is 30.3 Å². The highest BCUT2D eigenvalue weighted by Gasteiger charge is 2.29. The minimum Gasteiger partial charge on any atom is -0.352 e. The van der Waals surface area contributed by atoms with Gasteiger partial charge in [0.15, 0.2) is 0 Å². The van der Waals surface area contributed by atoms with Crippen LogP contribution in [0.1, 0.15) is 50.2 Å². The summed E-state index contributed by atoms with van der Waals surface area (Å²) < 4.78 is 0. The van der Waals surface area contributed by atoms with E-state index in [2.05, 4.69) is 5.32 Å². The molecule has 1 aliphatic rings. The van der Waals surface area contributed by atoms with Crippen LogP contribution in [-0.2, 0) is 22.6 Å². The molecular formula is C24H28Cl2N2O2. The fourth-order valence-corrected chi connectivity index (χ4v) is 4.39. The summed E-state index contributed by atoms with van der Waals surface area (Å²) in [6.07, 6.45) is 5.68. The van der Waals surface area contributed by atoms with E-state index in [1.54, 1.807) is 30.0 Å². The molecular weight excluding hydrogens is 419 g/mol. The number of rotatable bonds is 7. The smallest absolute Gasteiger partial charge is 0.242 e. The van der Waals surface area contributed by atoms with Gasteiger partial charge < -0.3 is 10.2 Å². The van der Waals surface area contributed by atoms with Crippen molar-refractivity contribution in [2.45, 2.75) is 64.1 Å². The zero-order valence-corrected chi connectivity index (χ0v) is 18.8. The van der Waals surface area contributed by atoms with Crippen LogP contribution in [0.4, 0.5) is 0 Å². The molecule has 0 saturated heterocycles. The Labute approximate surface area is 188 Å². The fourth-order valence-electron chi connectivity index (χ4n) is 3.88. The summed E-state index contributed by atoms with van der Waals surface area (Å²) in [6.45, 7) is 1.95. The van der Waals surface area contributed by atoms with Crippen molar-refractivity contribution >= 4 is 35.0 Å². The predicted octanol–water partition coefficient (Wildman–Crippen LogP) is 5.40. The van der Waals surface area contributed by atoms with Crippen LogP contribution < -0.4 is 5.32 Å². The van der Waals surface area contributed by atoms with Crippen molar-refractivity contribution in [2.24, 2.45) is 0 Å². The van der Waals surface area contributed by atoms with Gasteiger partial charge in [0.1, 0.15) is 6.04 Å². The fraction of sp³-hybridized carbons (Fsp3) is 0.417. The van der Waals surface area contributed by atoms with Crippen LogP contribution >= 0.6 is 23.2 Å². The molecule has 1 atom stereocenters. The first-order valence-corrected chi connectivity index (χ1v) is 11.3. The van der Waals surface area contributed by atoms with Crippen molar-refractivity contribution in [3.8, 4) is 0 Å². The van der Waals surface area contributed by atoms with E-state index >= 15 is 0 Å². The third-order valence-electron chi connectivity index (χ3n) is 5.71. The molecule has 2 aromatic rings. The van der Waals surface area contributed by atoms with E-state index in [1.165, 1.54) is 6.42 Å². The minimum atomic E-state index is -0.629. The van der Waals surface area contributed by atoms with Gasteiger partial charge in [-0.15, -0.1) is 0 Å². The second-order valence-corrected chi connectivity index (χ2v) is 8.72. The number of hydrogen-bond acceptors (Lipinski definition) is 2. The Morgan fingerprint density at radius 1 is 1.00 bits per heavy atom. The van der Waals surface area contributed by atoms with Crippen LogP contribution in [0.15, 0.2) is 48.5 Å². The molecule has 2 aromatic carbocycles. The maximum atomic E-state index is 13.2. The van der Waals surface area contributed by atoms with Crippen LogP contribution in [0.25, 0.3) is 0 Å². The van der Waals surface area contributed by atoms with Crippen molar-refractivity contribution in [3.05, 3.63) is 69.7 Å². The Morgan fingerprint density at radius 3 is 2.27 bits per heavy atom. The van der Waals surface area contributed by atoms with Crippen molar-refractivity contribution < 1.29 is 9.59 Å². The molecule has 1 fully saturated rings. The van der Waals surface area contributed by atoms with Gasteiger partial charge in [-0.3, -0.25) is 9.59 Å². The molecule has 0 bridgehead atoms. The van der Waals surface area contributed by atoms with Crippen molar-refractivity contribution in [2.75, 3.05) is 0 Å². The van der Waals surface area contributed by atoms with Gasteiger partial charge >= 0.3 is 0 Å². The van der Waals surface area contributed by atoms with Gasteiger partial charge in [-0.1, -0.05) is 78.9 Å². The predicted molar refractivity (Wildman–Crippen MR) is 122 cm³/mol. The molecule has 30 heavy (non-hydrogen) atoms. The number of carbonyl (C=O) groups is 2. The minimum absolute atomic E-state index is 0.133. The SMILES string of the molecule is C[C@H](C(=O)NC1CCCCC1)N(Cc1c(Cl)cccc1Cl)C(=O)Cc1ccccc1. The van der Waals surface area contributed by atoms with E-state index < -0.39 is 6.04 Å². The van der Waals surface area contributed by atoms with Crippen molar-refractivity contribution in [1.29, 1.82) is 0 Å². The van der Waals surface area contributed by atoms with Gasteiger partial charge in [0.2, 0.25) is 11.8 Å². The molecule has 0 heterocycles. The first kappa shape index (κ1) is 22.6. The summed E-state index contributed by atoms with van der Waals surface area (Å²) in [5.74, 6) is -0.269. The molecule has 0 unspecified atom stereocenters. The van der Waals surface area contributed by atoms with Crippen LogP contribution in [0.5, 0.6) is 0 Å². The molecule has 4 nitrogen and oxygen atoms in total. The molecule has 3 rings (SSSR count). The maximum Gasteiger partial charge on any atom is 0.242 e. The number of amides is 2. The van der Waals surface area contributed by atoms with E-state index in [0.717, 1.165) is 31.2 Å². The Hall–Kier alpha value is -2.04. The molecule has 1 N–H and O–H groups in total. The quantitative estimate of drug-likeness (QED) is 0.618. The molecule has 6 heteroatoms. The summed E-state index contributed by atoms with van der Waals surface area (Å²) in [4.78, 5) is 27.8. The summed E-state index contributed by atoms with van der Waals surface area (Å²) in [5, 5.41) is 4.11. The lowest BCUT2D eigenvalue weighted by Crippen LogP contribution is -2.50. The van der Waals surface area contributed by atoms with E-state index in [9.17, 15) is 9.59 Å². The number of hydrogen-bond donors (Lipinski definition) is 1. The topological polar surface area (TPSA) is 49.4 Å². The Bertz CT molecular complexity index is 847. The molecule has 1 saturated carbocycles. The van der Waals surface area contributed by atoms with E-state index in [0.29, 0.717) is 15.6 Å². The Balaban J connectivity index is 1.80. The average Bonchev–Trinajstić information content (AvgIpc) is 2.74. The highest BCUT2D eigenvalue weighted by molar-refractivity contribution is 6.36. The molecule has 0 spiro atoms. The third kappa shape index (κ3) is 5.99. The number of nitrogens with one attached hydrogen (secondary N) is 1. The van der Waals surface area contributed by atoms with Crippen molar-refractivity contribution in [1.82, 2.24) is 10.2 Å². The molecule has 0 aromatic heterocycles. The lowest BCUT2D eigenvalue weighted by molar-refractivity contribution is -0.140. The summed E-state index contributed by atoms with van der Waals surface area (Å²) >= 11 is 12.7. The second-order valence-electron chi connectivity index (χ2n) is 7.90.